The predicted molar refractivity (Wildman–Crippen MR) is 135 cm³/mol. The standard InChI is InChI=1S/C23H27N5O5S2/c1-15-6-9-20(14-16(15)2)28(34(5,30)31)18(4)22(29)26-19-7-10-21(11-8-19)35(32,33)27-23-24-13-12-17(3)25-23/h6-14,18H,1-5H3,(H,26,29)(H,24,25,27)/t18-/m1/s1. The molecule has 0 aliphatic heterocycles. The number of aromatic nitrogens is 2. The number of carbonyl (C=O) groups excluding carboxylic acids is 1. The van der Waals surface area contributed by atoms with E-state index in [0.29, 0.717) is 17.1 Å². The molecular weight excluding hydrogens is 490 g/mol. The molecule has 10 nitrogen and oxygen atoms in total. The lowest BCUT2D eigenvalue weighted by Gasteiger charge is -2.28. The summed E-state index contributed by atoms with van der Waals surface area (Å²) in [7, 11) is -7.71. The summed E-state index contributed by atoms with van der Waals surface area (Å²) in [5, 5.41) is 2.64. The third-order valence-corrected chi connectivity index (χ3v) is 7.87. The summed E-state index contributed by atoms with van der Waals surface area (Å²) in [6, 6.07) is 11.2. The van der Waals surface area contributed by atoms with Crippen molar-refractivity contribution in [2.24, 2.45) is 0 Å². The molecule has 3 rings (SSSR count). The van der Waals surface area contributed by atoms with Crippen LogP contribution in [0.3, 0.4) is 0 Å². The first-order valence-electron chi connectivity index (χ1n) is 10.6. The molecule has 0 spiro atoms. The minimum Gasteiger partial charge on any atom is -0.324 e. The maximum Gasteiger partial charge on any atom is 0.264 e. The van der Waals surface area contributed by atoms with Crippen LogP contribution in [0.2, 0.25) is 0 Å². The minimum absolute atomic E-state index is 0.0524. The first-order chi connectivity index (χ1) is 16.3. The molecule has 1 heterocycles. The van der Waals surface area contributed by atoms with Crippen LogP contribution in [0.5, 0.6) is 0 Å². The Balaban J connectivity index is 1.78. The van der Waals surface area contributed by atoms with E-state index in [-0.39, 0.29) is 10.8 Å². The summed E-state index contributed by atoms with van der Waals surface area (Å²) in [5.41, 5.74) is 3.18. The number of aryl methyl sites for hydroxylation is 3. The van der Waals surface area contributed by atoms with Gasteiger partial charge in [0.25, 0.3) is 10.0 Å². The Labute approximate surface area is 205 Å². The van der Waals surface area contributed by atoms with Crippen LogP contribution < -0.4 is 14.3 Å². The first kappa shape index (κ1) is 26.1. The van der Waals surface area contributed by atoms with E-state index >= 15 is 0 Å². The average molecular weight is 518 g/mol. The fraction of sp³-hybridized carbons (Fsp3) is 0.261. The summed E-state index contributed by atoms with van der Waals surface area (Å²) >= 11 is 0. The molecule has 0 unspecified atom stereocenters. The fourth-order valence-electron chi connectivity index (χ4n) is 3.31. The zero-order chi connectivity index (χ0) is 26.0. The summed E-state index contributed by atoms with van der Waals surface area (Å²) in [5.74, 6) is -0.626. The van der Waals surface area contributed by atoms with Crippen molar-refractivity contribution in [2.45, 2.75) is 38.6 Å². The van der Waals surface area contributed by atoms with Gasteiger partial charge in [-0.1, -0.05) is 6.07 Å². The van der Waals surface area contributed by atoms with Gasteiger partial charge in [-0.15, -0.1) is 0 Å². The van der Waals surface area contributed by atoms with Gasteiger partial charge in [-0.2, -0.15) is 0 Å². The van der Waals surface area contributed by atoms with E-state index in [2.05, 4.69) is 20.0 Å². The zero-order valence-electron chi connectivity index (χ0n) is 20.0. The Hall–Kier alpha value is -3.51. The van der Waals surface area contributed by atoms with Gasteiger partial charge >= 0.3 is 0 Å². The number of anilines is 3. The molecule has 0 saturated heterocycles. The summed E-state index contributed by atoms with van der Waals surface area (Å²) in [6.45, 7) is 6.96. The highest BCUT2D eigenvalue weighted by Crippen LogP contribution is 2.24. The van der Waals surface area contributed by atoms with Gasteiger partial charge in [-0.3, -0.25) is 9.10 Å². The molecule has 2 aromatic carbocycles. The van der Waals surface area contributed by atoms with E-state index in [4.69, 9.17) is 0 Å². The SMILES string of the molecule is Cc1ccnc(NS(=O)(=O)c2ccc(NC(=O)[C@@H](C)N(c3ccc(C)c(C)c3)S(C)(=O)=O)cc2)n1. The lowest BCUT2D eigenvalue weighted by molar-refractivity contribution is -0.116. The van der Waals surface area contributed by atoms with Crippen molar-refractivity contribution >= 4 is 43.3 Å². The molecule has 0 bridgehead atoms. The van der Waals surface area contributed by atoms with Crippen LogP contribution in [-0.4, -0.2) is 45.0 Å². The molecule has 0 radical (unpaired) electrons. The molecule has 0 fully saturated rings. The van der Waals surface area contributed by atoms with Crippen LogP contribution >= 0.6 is 0 Å². The monoisotopic (exact) mass is 517 g/mol. The number of sulfonamides is 2. The highest BCUT2D eigenvalue weighted by Gasteiger charge is 2.29. The van der Waals surface area contributed by atoms with Crippen LogP contribution in [0, 0.1) is 20.8 Å². The van der Waals surface area contributed by atoms with Gasteiger partial charge in [0.1, 0.15) is 6.04 Å². The lowest BCUT2D eigenvalue weighted by Crippen LogP contribution is -2.45. The Morgan fingerprint density at radius 2 is 1.60 bits per heavy atom. The second-order valence-electron chi connectivity index (χ2n) is 8.14. The maximum atomic E-state index is 12.9. The van der Waals surface area contributed by atoms with Crippen molar-refractivity contribution in [3.05, 3.63) is 71.5 Å². The van der Waals surface area contributed by atoms with Crippen LogP contribution in [-0.2, 0) is 24.8 Å². The van der Waals surface area contributed by atoms with Crippen molar-refractivity contribution in [3.63, 3.8) is 0 Å². The van der Waals surface area contributed by atoms with Crippen LogP contribution in [0.25, 0.3) is 0 Å². The molecule has 1 amide bonds. The van der Waals surface area contributed by atoms with Crippen molar-refractivity contribution in [1.82, 2.24) is 9.97 Å². The van der Waals surface area contributed by atoms with Crippen LogP contribution in [0.4, 0.5) is 17.3 Å². The first-order valence-corrected chi connectivity index (χ1v) is 13.9. The summed E-state index contributed by atoms with van der Waals surface area (Å²) < 4.78 is 53.6. The van der Waals surface area contributed by atoms with Gasteiger partial charge in [0, 0.05) is 17.6 Å². The van der Waals surface area contributed by atoms with E-state index in [1.807, 2.05) is 13.8 Å². The van der Waals surface area contributed by atoms with E-state index in [0.717, 1.165) is 21.7 Å². The number of hydrogen-bond donors (Lipinski definition) is 2. The molecule has 1 atom stereocenters. The highest BCUT2D eigenvalue weighted by molar-refractivity contribution is 7.92. The Morgan fingerprint density at radius 3 is 2.17 bits per heavy atom. The normalized spacial score (nSPS) is 12.6. The number of carbonyl (C=O) groups is 1. The van der Waals surface area contributed by atoms with Crippen molar-refractivity contribution in [3.8, 4) is 0 Å². The smallest absolute Gasteiger partial charge is 0.264 e. The molecule has 3 aromatic rings. The van der Waals surface area contributed by atoms with E-state index in [1.54, 1.807) is 31.2 Å². The van der Waals surface area contributed by atoms with Crippen LogP contribution in [0.1, 0.15) is 23.7 Å². The number of nitrogens with zero attached hydrogens (tertiary/aromatic N) is 3. The van der Waals surface area contributed by atoms with E-state index < -0.39 is 32.0 Å². The van der Waals surface area contributed by atoms with Gasteiger partial charge in [-0.05, 0) is 81.3 Å². The van der Waals surface area contributed by atoms with E-state index in [9.17, 15) is 21.6 Å². The molecular formula is C23H27N5O5S2. The Kier molecular flexibility index (Phi) is 7.46. The molecule has 35 heavy (non-hydrogen) atoms. The lowest BCUT2D eigenvalue weighted by atomic mass is 10.1. The highest BCUT2D eigenvalue weighted by atomic mass is 32.2. The second kappa shape index (κ2) is 10.0. The molecule has 0 aliphatic carbocycles. The number of benzene rings is 2. The predicted octanol–water partition coefficient (Wildman–Crippen LogP) is 3.00. The van der Waals surface area contributed by atoms with Crippen molar-refractivity contribution in [1.29, 1.82) is 0 Å². The quantitative estimate of drug-likeness (QED) is 0.468. The third kappa shape index (κ3) is 6.34. The fourth-order valence-corrected chi connectivity index (χ4v) is 5.43. The number of rotatable bonds is 8. The largest absolute Gasteiger partial charge is 0.324 e. The molecule has 186 valence electrons. The zero-order valence-corrected chi connectivity index (χ0v) is 21.6. The average Bonchev–Trinajstić information content (AvgIpc) is 2.75. The number of nitrogens with one attached hydrogen (secondary N) is 2. The Morgan fingerprint density at radius 1 is 0.943 bits per heavy atom. The summed E-state index contributed by atoms with van der Waals surface area (Å²) in [4.78, 5) is 20.8. The molecule has 0 aliphatic rings. The number of amides is 1. The Bertz CT molecular complexity index is 1460. The molecule has 0 saturated carbocycles. The topological polar surface area (TPSA) is 138 Å². The minimum atomic E-state index is -3.94. The number of hydrogen-bond acceptors (Lipinski definition) is 7. The van der Waals surface area contributed by atoms with Gasteiger partial charge in [-0.25, -0.2) is 31.5 Å². The van der Waals surface area contributed by atoms with Crippen LogP contribution in [0.15, 0.2) is 59.6 Å². The third-order valence-electron chi connectivity index (χ3n) is 5.29. The van der Waals surface area contributed by atoms with Gasteiger partial charge in [0.15, 0.2) is 0 Å². The van der Waals surface area contributed by atoms with Crippen molar-refractivity contribution in [2.75, 3.05) is 20.6 Å². The van der Waals surface area contributed by atoms with E-state index in [1.165, 1.54) is 37.4 Å². The molecule has 2 N–H and O–H groups in total. The second-order valence-corrected chi connectivity index (χ2v) is 11.7. The van der Waals surface area contributed by atoms with Gasteiger partial charge in [0.2, 0.25) is 21.9 Å². The van der Waals surface area contributed by atoms with Crippen molar-refractivity contribution < 1.29 is 21.6 Å². The van der Waals surface area contributed by atoms with Gasteiger partial charge in [0.05, 0.1) is 16.8 Å². The summed E-state index contributed by atoms with van der Waals surface area (Å²) in [6.07, 6.45) is 2.48. The maximum absolute atomic E-state index is 12.9. The van der Waals surface area contributed by atoms with Gasteiger partial charge < -0.3 is 5.32 Å². The molecule has 1 aromatic heterocycles. The molecule has 12 heteroatoms.